The molecule has 18 heavy (non-hydrogen) atoms. The number of hydrogen-bond acceptors (Lipinski definition) is 5. The van der Waals surface area contributed by atoms with Crippen LogP contribution in [0.2, 0.25) is 0 Å². The first kappa shape index (κ1) is 18.6. The van der Waals surface area contributed by atoms with Gasteiger partial charge in [-0.2, -0.15) is 0 Å². The number of carbonyl (C=O) groups is 1. The van der Waals surface area contributed by atoms with Crippen LogP contribution in [-0.4, -0.2) is 24.2 Å². The molecule has 0 heterocycles. The summed E-state index contributed by atoms with van der Waals surface area (Å²) >= 11 is 0. The quantitative estimate of drug-likeness (QED) is 0.429. The highest BCUT2D eigenvalue weighted by atomic mass is 19.1. The summed E-state index contributed by atoms with van der Waals surface area (Å²) in [7, 11) is 1.21. The Morgan fingerprint density at radius 2 is 1.83 bits per heavy atom. The molecule has 106 valence electrons. The van der Waals surface area contributed by atoms with Crippen LogP contribution in [0.1, 0.15) is 27.2 Å². The molecule has 0 amide bonds. The maximum absolute atomic E-state index is 13.4. The van der Waals surface area contributed by atoms with E-state index in [9.17, 15) is 9.18 Å². The van der Waals surface area contributed by atoms with Gasteiger partial charge in [-0.25, -0.2) is 4.39 Å². The minimum Gasteiger partial charge on any atom is -0.492 e. The molecule has 0 aliphatic carbocycles. The summed E-state index contributed by atoms with van der Waals surface area (Å²) in [5.41, 5.74) is 15.8. The maximum atomic E-state index is 13.4. The Morgan fingerprint density at radius 3 is 2.11 bits per heavy atom. The van der Waals surface area contributed by atoms with Crippen LogP contribution >= 0.6 is 0 Å². The highest BCUT2D eigenvalue weighted by Crippen LogP contribution is 2.18. The maximum Gasteiger partial charge on any atom is 0.320 e. The van der Waals surface area contributed by atoms with Gasteiger partial charge in [-0.1, -0.05) is 13.8 Å². The summed E-state index contributed by atoms with van der Waals surface area (Å²) in [4.78, 5) is 10.5. The fraction of sp³-hybridized carbons (Fsp3) is 0.545. The number of nitrogens with two attached hydrogens (primary N) is 3. The van der Waals surface area contributed by atoms with E-state index >= 15 is 0 Å². The first-order valence-corrected chi connectivity index (χ1v) is 5.44. The molecule has 0 fully saturated rings. The number of halogens is 1. The second-order valence-corrected chi connectivity index (χ2v) is 3.20. The molecule has 0 saturated heterocycles. The molecule has 0 radical (unpaired) electrons. The fourth-order valence-electron chi connectivity index (χ4n) is 0.958. The van der Waals surface area contributed by atoms with Crippen molar-refractivity contribution in [2.24, 2.45) is 17.2 Å². The van der Waals surface area contributed by atoms with E-state index in [2.05, 4.69) is 0 Å². The van der Waals surface area contributed by atoms with Gasteiger partial charge >= 0.3 is 5.97 Å². The van der Waals surface area contributed by atoms with Crippen LogP contribution in [0.25, 0.3) is 0 Å². The normalized spacial score (nSPS) is 14.6. The first-order chi connectivity index (χ1) is 8.31. The zero-order valence-electron chi connectivity index (χ0n) is 11.2. The van der Waals surface area contributed by atoms with Crippen LogP contribution in [0.5, 0.6) is 0 Å². The van der Waals surface area contributed by atoms with E-state index in [1.807, 2.05) is 13.8 Å². The summed E-state index contributed by atoms with van der Waals surface area (Å²) < 4.78 is 18.1. The van der Waals surface area contributed by atoms with Gasteiger partial charge in [0.15, 0.2) is 11.6 Å². The lowest BCUT2D eigenvalue weighted by Crippen LogP contribution is -2.32. The minimum absolute atomic E-state index is 0.0975. The van der Waals surface area contributed by atoms with Gasteiger partial charge in [0.1, 0.15) is 6.04 Å². The zero-order chi connectivity index (χ0) is 14.9. The number of hydrogen-bond donors (Lipinski definition) is 4. The lowest BCUT2D eigenvalue weighted by Gasteiger charge is -2.12. The number of ether oxygens (including phenoxy) is 1. The molecule has 0 bridgehead atoms. The molecule has 0 rings (SSSR count). The van der Waals surface area contributed by atoms with Gasteiger partial charge in [0.25, 0.3) is 0 Å². The van der Waals surface area contributed by atoms with E-state index in [1.54, 1.807) is 0 Å². The van der Waals surface area contributed by atoms with Crippen LogP contribution in [-0.2, 0) is 9.53 Å². The smallest absolute Gasteiger partial charge is 0.320 e. The second-order valence-electron chi connectivity index (χ2n) is 3.20. The van der Waals surface area contributed by atoms with Crippen LogP contribution in [0.4, 0.5) is 4.39 Å². The third-order valence-electron chi connectivity index (χ3n) is 1.80. The summed E-state index contributed by atoms with van der Waals surface area (Å²) in [6.07, 6.45) is -0.223. The number of allylic oxidation sites excluding steroid dienone is 2. The number of carboxylic acids is 1. The van der Waals surface area contributed by atoms with Crippen LogP contribution in [0, 0.1) is 0 Å². The second kappa shape index (κ2) is 9.29. The van der Waals surface area contributed by atoms with Gasteiger partial charge in [0, 0.05) is 12.1 Å². The Labute approximate surface area is 106 Å². The molecule has 1 atom stereocenters. The molecule has 0 aromatic rings. The number of carboxylic acid groups (broad SMARTS) is 1. The number of methoxy groups -OCH3 is 1. The summed E-state index contributed by atoms with van der Waals surface area (Å²) in [6.45, 7) is 5.33. The molecule has 0 aromatic carbocycles. The summed E-state index contributed by atoms with van der Waals surface area (Å²) in [5.74, 6) is -2.33. The van der Waals surface area contributed by atoms with Gasteiger partial charge < -0.3 is 27.0 Å². The average Bonchev–Trinajstić information content (AvgIpc) is 2.31. The van der Waals surface area contributed by atoms with Crippen LogP contribution in [0.15, 0.2) is 23.0 Å². The van der Waals surface area contributed by atoms with Gasteiger partial charge in [-0.05, 0) is 6.92 Å². The van der Waals surface area contributed by atoms with Gasteiger partial charge in [-0.3, -0.25) is 4.79 Å². The van der Waals surface area contributed by atoms with Crippen molar-refractivity contribution in [1.82, 2.24) is 0 Å². The van der Waals surface area contributed by atoms with E-state index in [0.717, 1.165) is 0 Å². The first-order valence-electron chi connectivity index (χ1n) is 5.44. The van der Waals surface area contributed by atoms with E-state index in [0.29, 0.717) is 0 Å². The zero-order valence-corrected chi connectivity index (χ0v) is 11.2. The number of aliphatic carboxylic acids is 1. The fourth-order valence-corrected chi connectivity index (χ4v) is 0.958. The molecule has 7 heteroatoms. The third kappa shape index (κ3) is 6.09. The monoisotopic (exact) mass is 263 g/mol. The molecule has 6 nitrogen and oxygen atoms in total. The molecular formula is C11H22FN3O3. The van der Waals surface area contributed by atoms with E-state index < -0.39 is 17.8 Å². The topological polar surface area (TPSA) is 125 Å². The van der Waals surface area contributed by atoms with Crippen molar-refractivity contribution in [3.8, 4) is 0 Å². The molecule has 0 spiro atoms. The third-order valence-corrected chi connectivity index (χ3v) is 1.80. The molecule has 0 aliphatic heterocycles. The lowest BCUT2D eigenvalue weighted by molar-refractivity contribution is -0.138. The van der Waals surface area contributed by atoms with Crippen LogP contribution in [0.3, 0.4) is 0 Å². The lowest BCUT2D eigenvalue weighted by atomic mass is 10.1. The van der Waals surface area contributed by atoms with Crippen molar-refractivity contribution < 1.29 is 19.0 Å². The highest BCUT2D eigenvalue weighted by molar-refractivity contribution is 5.73. The van der Waals surface area contributed by atoms with Gasteiger partial charge in [-0.15, -0.1) is 0 Å². The van der Waals surface area contributed by atoms with E-state index in [-0.39, 0.29) is 23.6 Å². The molecule has 0 aliphatic rings. The van der Waals surface area contributed by atoms with Crippen molar-refractivity contribution in [3.63, 3.8) is 0 Å². The van der Waals surface area contributed by atoms with Crippen molar-refractivity contribution in [2.75, 3.05) is 7.11 Å². The SMILES string of the molecule is CC.COC(=C(/N)CC(N)C(=O)O)/C(F)=C(/C)N. The Hall–Kier alpha value is -1.76. The highest BCUT2D eigenvalue weighted by Gasteiger charge is 2.18. The van der Waals surface area contributed by atoms with Crippen molar-refractivity contribution in [3.05, 3.63) is 23.0 Å². The summed E-state index contributed by atoms with van der Waals surface area (Å²) in [5, 5.41) is 8.56. The predicted octanol–water partition coefficient (Wildman–Crippen LogP) is 0.791. The summed E-state index contributed by atoms with van der Waals surface area (Å²) in [6, 6.07) is -1.21. The molecular weight excluding hydrogens is 241 g/mol. The largest absolute Gasteiger partial charge is 0.492 e. The van der Waals surface area contributed by atoms with Gasteiger partial charge in [0.05, 0.1) is 12.8 Å². The predicted molar refractivity (Wildman–Crippen MR) is 67.8 cm³/mol. The standard InChI is InChI=1S/C9H16FN3O3.C2H6/c1-4(11)7(10)8(16-2)5(12)3-6(13)9(14)15;1-2/h6H,3,11-13H2,1-2H3,(H,14,15);1-2H3/b7-4+,8-5+;. The Morgan fingerprint density at radius 1 is 1.39 bits per heavy atom. The Balaban J connectivity index is 0. The van der Waals surface area contributed by atoms with Gasteiger partial charge in [0.2, 0.25) is 0 Å². The Bertz CT molecular complexity index is 336. The molecule has 0 aromatic heterocycles. The molecule has 7 N–H and O–H groups in total. The van der Waals surface area contributed by atoms with Crippen molar-refractivity contribution >= 4 is 5.97 Å². The van der Waals surface area contributed by atoms with E-state index in [4.69, 9.17) is 27.0 Å². The van der Waals surface area contributed by atoms with E-state index in [1.165, 1.54) is 14.0 Å². The van der Waals surface area contributed by atoms with Crippen LogP contribution < -0.4 is 17.2 Å². The van der Waals surface area contributed by atoms with Crippen molar-refractivity contribution in [2.45, 2.75) is 33.2 Å². The van der Waals surface area contributed by atoms with Crippen molar-refractivity contribution in [1.29, 1.82) is 0 Å². The Kier molecular flexibility index (Phi) is 9.60. The minimum atomic E-state index is -1.23. The number of rotatable bonds is 5. The molecule has 0 saturated carbocycles. The molecule has 1 unspecified atom stereocenters. The average molecular weight is 263 g/mol.